The molecular formula is C23H17ClN6O. The van der Waals surface area contributed by atoms with E-state index in [0.717, 1.165) is 33.5 Å². The molecule has 2 N–H and O–H groups in total. The summed E-state index contributed by atoms with van der Waals surface area (Å²) in [6, 6.07) is 17.0. The molecule has 0 atom stereocenters. The highest BCUT2D eigenvalue weighted by atomic mass is 35.5. The van der Waals surface area contributed by atoms with Gasteiger partial charge in [0, 0.05) is 28.4 Å². The van der Waals surface area contributed by atoms with Crippen molar-refractivity contribution >= 4 is 34.3 Å². The van der Waals surface area contributed by atoms with Gasteiger partial charge < -0.3 is 15.0 Å². The van der Waals surface area contributed by atoms with Crippen molar-refractivity contribution in [1.82, 2.24) is 24.9 Å². The van der Waals surface area contributed by atoms with Crippen LogP contribution in [0.2, 0.25) is 5.02 Å². The predicted molar refractivity (Wildman–Crippen MR) is 122 cm³/mol. The number of hydrogen-bond donors (Lipinski definition) is 2. The second-order valence-electron chi connectivity index (χ2n) is 6.80. The Hall–Kier alpha value is -3.97. The minimum atomic E-state index is 0.560. The summed E-state index contributed by atoms with van der Waals surface area (Å²) >= 11 is 5.99. The van der Waals surface area contributed by atoms with Gasteiger partial charge in [-0.05, 0) is 48.0 Å². The van der Waals surface area contributed by atoms with Gasteiger partial charge in [0.2, 0.25) is 5.95 Å². The standard InChI is InChI=1S/C23H17ClN6O/c1-31-17-8-9-19-18(11-17)22(29-21(27-19)15-3-2-10-25-12-15)30-23-26-13-20(28-23)14-4-6-16(24)7-5-14/h2-13H,1H3,(H2,26,27,28,29,30). The van der Waals surface area contributed by atoms with Gasteiger partial charge in [-0.3, -0.25) is 4.98 Å². The molecule has 3 aromatic heterocycles. The smallest absolute Gasteiger partial charge is 0.206 e. The van der Waals surface area contributed by atoms with E-state index in [1.807, 2.05) is 54.6 Å². The fourth-order valence-corrected chi connectivity index (χ4v) is 3.35. The second kappa shape index (κ2) is 8.04. The van der Waals surface area contributed by atoms with Crippen LogP contribution < -0.4 is 10.1 Å². The van der Waals surface area contributed by atoms with Crippen molar-refractivity contribution in [2.45, 2.75) is 0 Å². The second-order valence-corrected chi connectivity index (χ2v) is 7.23. The summed E-state index contributed by atoms with van der Waals surface area (Å²) in [4.78, 5) is 21.4. The highest BCUT2D eigenvalue weighted by Gasteiger charge is 2.13. The first-order valence-corrected chi connectivity index (χ1v) is 9.91. The van der Waals surface area contributed by atoms with E-state index in [4.69, 9.17) is 26.3 Å². The summed E-state index contributed by atoms with van der Waals surface area (Å²) in [5.41, 5.74) is 3.45. The third kappa shape index (κ3) is 3.91. The van der Waals surface area contributed by atoms with Gasteiger partial charge >= 0.3 is 0 Å². The third-order valence-electron chi connectivity index (χ3n) is 4.79. The molecule has 0 saturated heterocycles. The number of methoxy groups -OCH3 is 1. The van der Waals surface area contributed by atoms with Crippen LogP contribution in [0.1, 0.15) is 0 Å². The van der Waals surface area contributed by atoms with Crippen LogP contribution in [0.15, 0.2) is 73.2 Å². The van der Waals surface area contributed by atoms with E-state index < -0.39 is 0 Å². The number of anilines is 2. The van der Waals surface area contributed by atoms with E-state index in [0.29, 0.717) is 22.6 Å². The number of nitrogens with zero attached hydrogens (tertiary/aromatic N) is 4. The highest BCUT2D eigenvalue weighted by molar-refractivity contribution is 6.30. The normalized spacial score (nSPS) is 10.9. The minimum absolute atomic E-state index is 0.560. The van der Waals surface area contributed by atoms with E-state index in [-0.39, 0.29) is 0 Å². The zero-order valence-electron chi connectivity index (χ0n) is 16.5. The van der Waals surface area contributed by atoms with Gasteiger partial charge in [0.1, 0.15) is 11.6 Å². The molecule has 0 amide bonds. The number of nitrogens with one attached hydrogen (secondary N) is 2. The van der Waals surface area contributed by atoms with E-state index in [2.05, 4.69) is 20.3 Å². The van der Waals surface area contributed by atoms with Crippen LogP contribution in [-0.2, 0) is 0 Å². The quantitative estimate of drug-likeness (QED) is 0.385. The maximum atomic E-state index is 5.99. The summed E-state index contributed by atoms with van der Waals surface area (Å²) in [5, 5.41) is 4.79. The van der Waals surface area contributed by atoms with Gasteiger partial charge in [-0.25, -0.2) is 15.0 Å². The van der Waals surface area contributed by atoms with Crippen molar-refractivity contribution < 1.29 is 4.74 Å². The lowest BCUT2D eigenvalue weighted by Gasteiger charge is -2.10. The number of pyridine rings is 1. The van der Waals surface area contributed by atoms with Gasteiger partial charge in [-0.1, -0.05) is 23.7 Å². The number of fused-ring (bicyclic) bond motifs is 1. The lowest BCUT2D eigenvalue weighted by molar-refractivity contribution is 0.415. The van der Waals surface area contributed by atoms with Crippen LogP contribution in [0, 0.1) is 0 Å². The number of aromatic amines is 1. The molecule has 0 aliphatic rings. The molecule has 0 bridgehead atoms. The van der Waals surface area contributed by atoms with Crippen LogP contribution in [0.3, 0.4) is 0 Å². The Bertz CT molecular complexity index is 1350. The SMILES string of the molecule is COc1ccc2nc(-c3cccnc3)nc(Nc3ncc(-c4ccc(Cl)cc4)[nH]3)c2c1. The van der Waals surface area contributed by atoms with Gasteiger partial charge in [0.25, 0.3) is 0 Å². The fraction of sp³-hybridized carbons (Fsp3) is 0.0435. The molecule has 0 fully saturated rings. The maximum Gasteiger partial charge on any atom is 0.206 e. The van der Waals surface area contributed by atoms with Crippen molar-refractivity contribution in [3.63, 3.8) is 0 Å². The minimum Gasteiger partial charge on any atom is -0.497 e. The topological polar surface area (TPSA) is 88.6 Å². The van der Waals surface area contributed by atoms with Crippen LogP contribution in [-0.4, -0.2) is 32.0 Å². The van der Waals surface area contributed by atoms with E-state index in [1.54, 1.807) is 25.7 Å². The van der Waals surface area contributed by atoms with Gasteiger partial charge in [-0.2, -0.15) is 0 Å². The number of benzene rings is 2. The largest absolute Gasteiger partial charge is 0.497 e. The maximum absolute atomic E-state index is 5.99. The van der Waals surface area contributed by atoms with E-state index in [9.17, 15) is 0 Å². The fourth-order valence-electron chi connectivity index (χ4n) is 3.23. The molecule has 0 aliphatic heterocycles. The van der Waals surface area contributed by atoms with Crippen molar-refractivity contribution in [3.8, 4) is 28.4 Å². The molecule has 8 heteroatoms. The Balaban J connectivity index is 1.57. The molecule has 5 aromatic rings. The van der Waals surface area contributed by atoms with Crippen molar-refractivity contribution in [2.75, 3.05) is 12.4 Å². The van der Waals surface area contributed by atoms with Crippen LogP contribution >= 0.6 is 11.6 Å². The molecule has 3 heterocycles. The summed E-state index contributed by atoms with van der Waals surface area (Å²) in [6.45, 7) is 0. The average molecular weight is 429 g/mol. The molecule has 0 spiro atoms. The van der Waals surface area contributed by atoms with Gasteiger partial charge in [0.05, 0.1) is 24.5 Å². The van der Waals surface area contributed by atoms with Crippen LogP contribution in [0.25, 0.3) is 33.5 Å². The number of halogens is 1. The van der Waals surface area contributed by atoms with Gasteiger partial charge in [0.15, 0.2) is 5.82 Å². The Morgan fingerprint density at radius 3 is 2.61 bits per heavy atom. The molecule has 0 saturated carbocycles. The third-order valence-corrected chi connectivity index (χ3v) is 5.04. The molecule has 31 heavy (non-hydrogen) atoms. The highest BCUT2D eigenvalue weighted by Crippen LogP contribution is 2.30. The predicted octanol–water partition coefficient (Wildman–Crippen LogP) is 5.49. The number of imidazole rings is 1. The van der Waals surface area contributed by atoms with Crippen molar-refractivity contribution in [1.29, 1.82) is 0 Å². The Kier molecular flexibility index (Phi) is 4.93. The number of hydrogen-bond acceptors (Lipinski definition) is 6. The molecule has 0 unspecified atom stereocenters. The zero-order chi connectivity index (χ0) is 21.2. The Morgan fingerprint density at radius 2 is 1.84 bits per heavy atom. The number of ether oxygens (including phenoxy) is 1. The van der Waals surface area contributed by atoms with Crippen LogP contribution in [0.5, 0.6) is 5.75 Å². The molecular weight excluding hydrogens is 412 g/mol. The first-order valence-electron chi connectivity index (χ1n) is 9.54. The molecule has 7 nitrogen and oxygen atoms in total. The van der Waals surface area contributed by atoms with Crippen molar-refractivity contribution in [3.05, 3.63) is 78.2 Å². The molecule has 0 radical (unpaired) electrons. The summed E-state index contributed by atoms with van der Waals surface area (Å²) < 4.78 is 5.39. The number of rotatable bonds is 5. The Morgan fingerprint density at radius 1 is 0.968 bits per heavy atom. The molecule has 2 aromatic carbocycles. The number of aromatic nitrogens is 5. The monoisotopic (exact) mass is 428 g/mol. The molecule has 0 aliphatic carbocycles. The van der Waals surface area contributed by atoms with Crippen molar-refractivity contribution in [2.24, 2.45) is 0 Å². The summed E-state index contributed by atoms with van der Waals surface area (Å²) in [6.07, 6.45) is 5.22. The molecule has 152 valence electrons. The van der Waals surface area contributed by atoms with Gasteiger partial charge in [-0.15, -0.1) is 0 Å². The van der Waals surface area contributed by atoms with E-state index >= 15 is 0 Å². The van der Waals surface area contributed by atoms with E-state index in [1.165, 1.54) is 0 Å². The lowest BCUT2D eigenvalue weighted by Crippen LogP contribution is -2.01. The number of H-pyrrole nitrogens is 1. The summed E-state index contributed by atoms with van der Waals surface area (Å²) in [5.74, 6) is 2.46. The Labute approximate surface area is 183 Å². The lowest BCUT2D eigenvalue weighted by atomic mass is 10.2. The zero-order valence-corrected chi connectivity index (χ0v) is 17.3. The summed E-state index contributed by atoms with van der Waals surface area (Å²) in [7, 11) is 1.63. The molecule has 5 rings (SSSR count). The average Bonchev–Trinajstić information content (AvgIpc) is 3.28. The first kappa shape index (κ1) is 19.0. The first-order chi connectivity index (χ1) is 15.2. The van der Waals surface area contributed by atoms with Crippen LogP contribution in [0.4, 0.5) is 11.8 Å².